The van der Waals surface area contributed by atoms with Crippen LogP contribution in [0.4, 0.5) is 0 Å². The van der Waals surface area contributed by atoms with Gasteiger partial charge in [-0.15, -0.1) is 0 Å². The average Bonchev–Trinajstić information content (AvgIpc) is 2.86. The van der Waals surface area contributed by atoms with E-state index in [-0.39, 0.29) is 0 Å². The van der Waals surface area contributed by atoms with E-state index >= 15 is 0 Å². The maximum absolute atomic E-state index is 5.53. The molecule has 1 aromatic rings. The number of rotatable bonds is 4. The van der Waals surface area contributed by atoms with Crippen LogP contribution >= 0.6 is 0 Å². The van der Waals surface area contributed by atoms with Gasteiger partial charge in [-0.2, -0.15) is 0 Å². The summed E-state index contributed by atoms with van der Waals surface area (Å²) < 4.78 is 5.53. The Labute approximate surface area is 115 Å². The summed E-state index contributed by atoms with van der Waals surface area (Å²) in [6, 6.07) is 7.11. The number of likely N-dealkylation sites (N-methyl/N-ethyl adjacent to an activating group) is 1. The second-order valence-corrected chi connectivity index (χ2v) is 5.58. The molecule has 0 saturated carbocycles. The minimum atomic E-state index is 0.566. The van der Waals surface area contributed by atoms with E-state index in [9.17, 15) is 0 Å². The van der Waals surface area contributed by atoms with Gasteiger partial charge in [0.1, 0.15) is 5.75 Å². The summed E-state index contributed by atoms with van der Waals surface area (Å²) in [7, 11) is 2.19. The maximum Gasteiger partial charge on any atom is 0.122 e. The molecule has 1 saturated heterocycles. The number of ether oxygens (including phenoxy) is 1. The third kappa shape index (κ3) is 3.26. The van der Waals surface area contributed by atoms with Crippen molar-refractivity contribution >= 4 is 0 Å². The summed E-state index contributed by atoms with van der Waals surface area (Å²) in [5.74, 6) is 1.07. The molecule has 19 heavy (non-hydrogen) atoms. The van der Waals surface area contributed by atoms with Crippen molar-refractivity contribution in [1.82, 2.24) is 15.5 Å². The molecule has 0 amide bonds. The third-order valence-electron chi connectivity index (χ3n) is 3.93. The fourth-order valence-corrected chi connectivity index (χ4v) is 2.87. The molecule has 1 fully saturated rings. The molecular weight excluding hydrogens is 238 g/mol. The van der Waals surface area contributed by atoms with Gasteiger partial charge in [0.25, 0.3) is 0 Å². The monoisotopic (exact) mass is 261 g/mol. The lowest BCUT2D eigenvalue weighted by Crippen LogP contribution is -2.52. The van der Waals surface area contributed by atoms with Crippen molar-refractivity contribution in [3.8, 4) is 5.75 Å². The normalized spacial score (nSPS) is 23.1. The second kappa shape index (κ2) is 5.90. The topological polar surface area (TPSA) is 36.5 Å². The fourth-order valence-electron chi connectivity index (χ4n) is 2.87. The Morgan fingerprint density at radius 1 is 1.47 bits per heavy atom. The predicted molar refractivity (Wildman–Crippen MR) is 76.6 cm³/mol. The van der Waals surface area contributed by atoms with Crippen molar-refractivity contribution in [3.63, 3.8) is 0 Å². The average molecular weight is 261 g/mol. The van der Waals surface area contributed by atoms with E-state index in [4.69, 9.17) is 4.74 Å². The molecule has 104 valence electrons. The number of fused-ring (bicyclic) bond motifs is 1. The lowest BCUT2D eigenvalue weighted by Gasteiger charge is -2.31. The Hall–Kier alpha value is -1.10. The highest BCUT2D eigenvalue weighted by Crippen LogP contribution is 2.25. The van der Waals surface area contributed by atoms with Gasteiger partial charge >= 0.3 is 0 Å². The highest BCUT2D eigenvalue weighted by molar-refractivity contribution is 5.39. The van der Waals surface area contributed by atoms with Crippen LogP contribution in [0.2, 0.25) is 0 Å². The zero-order valence-electron chi connectivity index (χ0n) is 11.6. The first-order valence-corrected chi connectivity index (χ1v) is 7.18. The number of piperazine rings is 1. The van der Waals surface area contributed by atoms with E-state index in [1.165, 1.54) is 11.1 Å². The molecular formula is C15H23N3O. The van der Waals surface area contributed by atoms with Crippen LogP contribution in [0.25, 0.3) is 0 Å². The fraction of sp³-hybridized carbons (Fsp3) is 0.600. The number of hydrogen-bond donors (Lipinski definition) is 2. The molecule has 2 aliphatic rings. The summed E-state index contributed by atoms with van der Waals surface area (Å²) >= 11 is 0. The van der Waals surface area contributed by atoms with E-state index in [1.54, 1.807) is 0 Å². The standard InChI is InChI=1S/C15H23N3O/c1-18-6-5-17-14(11-18)10-16-9-12-2-3-15-13(8-12)4-7-19-15/h2-3,8,14,16-17H,4-7,9-11H2,1H3. The molecule has 2 aliphatic heterocycles. The molecule has 0 aromatic heterocycles. The number of benzene rings is 1. The van der Waals surface area contributed by atoms with E-state index < -0.39 is 0 Å². The zero-order chi connectivity index (χ0) is 13.1. The van der Waals surface area contributed by atoms with Gasteiger partial charge in [0, 0.05) is 45.2 Å². The van der Waals surface area contributed by atoms with Gasteiger partial charge in [0.15, 0.2) is 0 Å². The van der Waals surface area contributed by atoms with Gasteiger partial charge in [-0.1, -0.05) is 12.1 Å². The number of hydrogen-bond acceptors (Lipinski definition) is 4. The molecule has 1 unspecified atom stereocenters. The minimum Gasteiger partial charge on any atom is -0.493 e. The SMILES string of the molecule is CN1CCNC(CNCc2ccc3c(c2)CCO3)C1. The van der Waals surface area contributed by atoms with Crippen LogP contribution in [0.3, 0.4) is 0 Å². The quantitative estimate of drug-likeness (QED) is 0.833. The summed E-state index contributed by atoms with van der Waals surface area (Å²) in [5.41, 5.74) is 2.71. The molecule has 2 N–H and O–H groups in total. The first-order valence-electron chi connectivity index (χ1n) is 7.18. The van der Waals surface area contributed by atoms with Crippen LogP contribution in [0, 0.1) is 0 Å². The van der Waals surface area contributed by atoms with Gasteiger partial charge in [0.2, 0.25) is 0 Å². The number of nitrogens with one attached hydrogen (secondary N) is 2. The Morgan fingerprint density at radius 3 is 3.32 bits per heavy atom. The molecule has 0 spiro atoms. The summed E-state index contributed by atoms with van der Waals surface area (Å²) in [6.07, 6.45) is 1.05. The van der Waals surface area contributed by atoms with Gasteiger partial charge < -0.3 is 20.3 Å². The Morgan fingerprint density at radius 2 is 2.42 bits per heavy atom. The lowest BCUT2D eigenvalue weighted by atomic mass is 10.1. The van der Waals surface area contributed by atoms with E-state index in [2.05, 4.69) is 40.8 Å². The van der Waals surface area contributed by atoms with Crippen LogP contribution in [-0.4, -0.2) is 50.8 Å². The van der Waals surface area contributed by atoms with E-state index in [0.29, 0.717) is 6.04 Å². The van der Waals surface area contributed by atoms with Crippen LogP contribution in [0.15, 0.2) is 18.2 Å². The van der Waals surface area contributed by atoms with Crippen molar-refractivity contribution in [3.05, 3.63) is 29.3 Å². The van der Waals surface area contributed by atoms with Gasteiger partial charge in [0.05, 0.1) is 6.61 Å². The molecule has 4 nitrogen and oxygen atoms in total. The third-order valence-corrected chi connectivity index (χ3v) is 3.93. The molecule has 3 rings (SSSR count). The summed E-state index contributed by atoms with van der Waals surface area (Å²) in [5, 5.41) is 7.11. The van der Waals surface area contributed by atoms with Gasteiger partial charge in [-0.3, -0.25) is 0 Å². The number of nitrogens with zero attached hydrogens (tertiary/aromatic N) is 1. The maximum atomic E-state index is 5.53. The van der Waals surface area contributed by atoms with Crippen molar-refractivity contribution in [2.45, 2.75) is 19.0 Å². The predicted octanol–water partition coefficient (Wildman–Crippen LogP) is 0.615. The summed E-state index contributed by atoms with van der Waals surface area (Å²) in [4.78, 5) is 2.38. The van der Waals surface area contributed by atoms with Crippen LogP contribution in [-0.2, 0) is 13.0 Å². The highest BCUT2D eigenvalue weighted by Gasteiger charge is 2.16. The zero-order valence-corrected chi connectivity index (χ0v) is 11.6. The highest BCUT2D eigenvalue weighted by atomic mass is 16.5. The van der Waals surface area contributed by atoms with E-state index in [1.807, 2.05) is 0 Å². The smallest absolute Gasteiger partial charge is 0.122 e. The molecule has 2 heterocycles. The molecule has 4 heteroatoms. The van der Waals surface area contributed by atoms with Crippen molar-refractivity contribution in [2.24, 2.45) is 0 Å². The second-order valence-electron chi connectivity index (χ2n) is 5.58. The Kier molecular flexibility index (Phi) is 4.01. The largest absolute Gasteiger partial charge is 0.493 e. The Balaban J connectivity index is 1.47. The molecule has 0 bridgehead atoms. The van der Waals surface area contributed by atoms with Crippen molar-refractivity contribution < 1.29 is 4.74 Å². The molecule has 1 atom stereocenters. The molecule has 0 aliphatic carbocycles. The summed E-state index contributed by atoms with van der Waals surface area (Å²) in [6.45, 7) is 6.18. The van der Waals surface area contributed by atoms with Crippen LogP contribution in [0.5, 0.6) is 5.75 Å². The van der Waals surface area contributed by atoms with Crippen molar-refractivity contribution in [2.75, 3.05) is 39.8 Å². The minimum absolute atomic E-state index is 0.566. The lowest BCUT2D eigenvalue weighted by molar-refractivity contribution is 0.235. The van der Waals surface area contributed by atoms with Crippen LogP contribution < -0.4 is 15.4 Å². The van der Waals surface area contributed by atoms with E-state index in [0.717, 1.165) is 51.5 Å². The van der Waals surface area contributed by atoms with Crippen LogP contribution in [0.1, 0.15) is 11.1 Å². The van der Waals surface area contributed by atoms with Gasteiger partial charge in [-0.25, -0.2) is 0 Å². The van der Waals surface area contributed by atoms with Gasteiger partial charge in [-0.05, 0) is 24.2 Å². The molecule has 0 radical (unpaired) electrons. The van der Waals surface area contributed by atoms with Crippen molar-refractivity contribution in [1.29, 1.82) is 0 Å². The first kappa shape index (κ1) is 12.9. The Bertz CT molecular complexity index is 435. The first-order chi connectivity index (χ1) is 9.31. The molecule has 1 aromatic carbocycles.